The van der Waals surface area contributed by atoms with Crippen LogP contribution >= 0.6 is 22.6 Å². The topological polar surface area (TPSA) is 100 Å². The molecule has 1 aromatic heterocycles. The summed E-state index contributed by atoms with van der Waals surface area (Å²) in [6.07, 6.45) is 1.66. The largest absolute Gasteiger partial charge is 0.490 e. The van der Waals surface area contributed by atoms with E-state index in [2.05, 4.69) is 43.9 Å². The molecule has 0 saturated heterocycles. The minimum Gasteiger partial charge on any atom is -0.490 e. The quantitative estimate of drug-likeness (QED) is 0.189. The van der Waals surface area contributed by atoms with Gasteiger partial charge >= 0.3 is 0 Å². The number of hydrogen-bond donors (Lipinski definition) is 2. The molecule has 0 radical (unpaired) electrons. The number of anilines is 1. The van der Waals surface area contributed by atoms with Gasteiger partial charge in [0.15, 0.2) is 18.1 Å². The molecular formula is C27H22FIN4O3. The normalized spacial score (nSPS) is 11.2. The molecule has 0 atom stereocenters. The van der Waals surface area contributed by atoms with E-state index in [0.29, 0.717) is 49.8 Å². The first kappa shape index (κ1) is 25.2. The van der Waals surface area contributed by atoms with E-state index in [9.17, 15) is 14.4 Å². The van der Waals surface area contributed by atoms with Crippen LogP contribution in [0.4, 0.5) is 10.1 Å². The van der Waals surface area contributed by atoms with Crippen molar-refractivity contribution in [2.45, 2.75) is 13.8 Å². The van der Waals surface area contributed by atoms with E-state index in [1.807, 2.05) is 44.2 Å². The molecule has 4 rings (SSSR count). The van der Waals surface area contributed by atoms with Gasteiger partial charge in [0.2, 0.25) is 0 Å². The fraction of sp³-hybridized carbons (Fsp3) is 0.148. The van der Waals surface area contributed by atoms with E-state index in [0.717, 1.165) is 5.56 Å². The highest BCUT2D eigenvalue weighted by Crippen LogP contribution is 2.35. The van der Waals surface area contributed by atoms with Crippen molar-refractivity contribution >= 4 is 56.9 Å². The molecule has 182 valence electrons. The van der Waals surface area contributed by atoms with Gasteiger partial charge in [-0.2, -0.15) is 5.26 Å². The summed E-state index contributed by atoms with van der Waals surface area (Å²) in [6.45, 7) is 4.01. The van der Waals surface area contributed by atoms with E-state index < -0.39 is 0 Å². The smallest absolute Gasteiger partial charge is 0.262 e. The Kier molecular flexibility index (Phi) is 7.85. The standard InChI is InChI=1S/C27H22FIN4O3/c1-3-35-24-12-17(10-18(14-30)27-32-22-9-6-19(28)13-23(22)33-27)11-21(29)26(24)36-15-25(34)31-20-7-4-16(2)5-8-20/h4-13H,3,15H2,1-2H3,(H,31,34)(H,32,33)/b18-10-. The highest BCUT2D eigenvalue weighted by atomic mass is 127. The molecule has 36 heavy (non-hydrogen) atoms. The first-order chi connectivity index (χ1) is 17.4. The van der Waals surface area contributed by atoms with Crippen LogP contribution in [0.5, 0.6) is 11.5 Å². The summed E-state index contributed by atoms with van der Waals surface area (Å²) in [5, 5.41) is 12.5. The Morgan fingerprint density at radius 1 is 1.19 bits per heavy atom. The summed E-state index contributed by atoms with van der Waals surface area (Å²) >= 11 is 2.10. The second kappa shape index (κ2) is 11.2. The van der Waals surface area contributed by atoms with Crippen LogP contribution in [0.3, 0.4) is 0 Å². The summed E-state index contributed by atoms with van der Waals surface area (Å²) in [5.41, 5.74) is 3.81. The molecule has 0 aliphatic rings. The van der Waals surface area contributed by atoms with Gasteiger partial charge < -0.3 is 19.8 Å². The van der Waals surface area contributed by atoms with Gasteiger partial charge in [0.1, 0.15) is 17.7 Å². The lowest BCUT2D eigenvalue weighted by Gasteiger charge is -2.15. The van der Waals surface area contributed by atoms with Crippen LogP contribution in [0, 0.1) is 27.6 Å². The first-order valence-electron chi connectivity index (χ1n) is 11.1. The van der Waals surface area contributed by atoms with Crippen LogP contribution in [0.25, 0.3) is 22.7 Å². The predicted molar refractivity (Wildman–Crippen MR) is 145 cm³/mol. The number of imidazole rings is 1. The van der Waals surface area contributed by atoms with Crippen LogP contribution in [0.1, 0.15) is 23.9 Å². The van der Waals surface area contributed by atoms with Crippen LogP contribution in [-0.4, -0.2) is 29.1 Å². The van der Waals surface area contributed by atoms with E-state index in [-0.39, 0.29) is 23.9 Å². The number of benzene rings is 3. The average Bonchev–Trinajstić information content (AvgIpc) is 3.26. The van der Waals surface area contributed by atoms with Crippen LogP contribution in [0.2, 0.25) is 0 Å². The Balaban J connectivity index is 1.56. The van der Waals surface area contributed by atoms with E-state index in [1.165, 1.54) is 12.1 Å². The molecule has 0 saturated carbocycles. The number of nitriles is 1. The van der Waals surface area contributed by atoms with Crippen molar-refractivity contribution in [3.8, 4) is 17.6 Å². The lowest BCUT2D eigenvalue weighted by molar-refractivity contribution is -0.118. The Labute approximate surface area is 221 Å². The van der Waals surface area contributed by atoms with Crippen LogP contribution in [-0.2, 0) is 4.79 Å². The number of rotatable bonds is 8. The minimum atomic E-state index is -0.390. The van der Waals surface area contributed by atoms with Crippen molar-refractivity contribution in [2.75, 3.05) is 18.5 Å². The SMILES string of the molecule is CCOc1cc(/C=C(/C#N)c2nc3ccc(F)cc3[nH]2)cc(I)c1OCC(=O)Nc1ccc(C)cc1. The third-order valence-corrected chi connectivity index (χ3v) is 5.95. The third-order valence-electron chi connectivity index (χ3n) is 5.15. The fourth-order valence-electron chi connectivity index (χ4n) is 3.48. The van der Waals surface area contributed by atoms with Crippen molar-refractivity contribution in [2.24, 2.45) is 0 Å². The van der Waals surface area contributed by atoms with E-state index in [4.69, 9.17) is 9.47 Å². The molecule has 9 heteroatoms. The molecule has 0 bridgehead atoms. The third kappa shape index (κ3) is 6.01. The van der Waals surface area contributed by atoms with Gasteiger partial charge in [-0.3, -0.25) is 4.79 Å². The molecule has 0 fully saturated rings. The van der Waals surface area contributed by atoms with Gasteiger partial charge in [0.25, 0.3) is 5.91 Å². The Morgan fingerprint density at radius 2 is 1.97 bits per heavy atom. The first-order valence-corrected chi connectivity index (χ1v) is 12.2. The minimum absolute atomic E-state index is 0.196. The van der Waals surface area contributed by atoms with Gasteiger partial charge in [0, 0.05) is 5.69 Å². The number of halogens is 2. The maximum atomic E-state index is 13.5. The number of carbonyl (C=O) groups excluding carboxylic acids is 1. The fourth-order valence-corrected chi connectivity index (χ4v) is 4.26. The summed E-state index contributed by atoms with van der Waals surface area (Å²) in [5.74, 6) is 0.529. The van der Waals surface area contributed by atoms with Crippen molar-refractivity contribution in [3.63, 3.8) is 0 Å². The lowest BCUT2D eigenvalue weighted by Crippen LogP contribution is -2.20. The lowest BCUT2D eigenvalue weighted by atomic mass is 10.1. The van der Waals surface area contributed by atoms with Gasteiger partial charge in [-0.25, -0.2) is 9.37 Å². The Morgan fingerprint density at radius 3 is 2.69 bits per heavy atom. The number of nitrogens with one attached hydrogen (secondary N) is 2. The molecular weight excluding hydrogens is 574 g/mol. The van der Waals surface area contributed by atoms with Crippen molar-refractivity contribution < 1.29 is 18.7 Å². The number of amides is 1. The van der Waals surface area contributed by atoms with Gasteiger partial charge in [-0.1, -0.05) is 17.7 Å². The molecule has 1 heterocycles. The number of allylic oxidation sites excluding steroid dienone is 1. The maximum absolute atomic E-state index is 13.5. The molecule has 4 aromatic rings. The number of hydrogen-bond acceptors (Lipinski definition) is 5. The number of fused-ring (bicyclic) bond motifs is 1. The molecule has 0 aliphatic heterocycles. The molecule has 7 nitrogen and oxygen atoms in total. The number of nitrogens with zero attached hydrogens (tertiary/aromatic N) is 2. The molecule has 0 unspecified atom stereocenters. The predicted octanol–water partition coefficient (Wildman–Crippen LogP) is 6.10. The van der Waals surface area contributed by atoms with Crippen molar-refractivity contribution in [3.05, 3.63) is 80.9 Å². The van der Waals surface area contributed by atoms with E-state index in [1.54, 1.807) is 18.2 Å². The summed E-state index contributed by atoms with van der Waals surface area (Å²) in [6, 6.07) is 17.4. The number of ether oxygens (including phenoxy) is 2. The van der Waals surface area contributed by atoms with Gasteiger partial charge in [-0.15, -0.1) is 0 Å². The zero-order chi connectivity index (χ0) is 25.7. The molecule has 3 aromatic carbocycles. The zero-order valence-electron chi connectivity index (χ0n) is 19.6. The zero-order valence-corrected chi connectivity index (χ0v) is 21.7. The number of H-pyrrole nitrogens is 1. The second-order valence-corrected chi connectivity index (χ2v) is 9.04. The second-order valence-electron chi connectivity index (χ2n) is 7.88. The van der Waals surface area contributed by atoms with Crippen molar-refractivity contribution in [1.29, 1.82) is 5.26 Å². The van der Waals surface area contributed by atoms with Crippen molar-refractivity contribution in [1.82, 2.24) is 9.97 Å². The summed E-state index contributed by atoms with van der Waals surface area (Å²) in [4.78, 5) is 19.8. The van der Waals surface area contributed by atoms with Crippen LogP contribution in [0.15, 0.2) is 54.6 Å². The highest BCUT2D eigenvalue weighted by Gasteiger charge is 2.15. The molecule has 0 spiro atoms. The Bertz CT molecular complexity index is 1490. The average molecular weight is 596 g/mol. The highest BCUT2D eigenvalue weighted by molar-refractivity contribution is 14.1. The van der Waals surface area contributed by atoms with Gasteiger partial charge in [-0.05, 0) is 90.5 Å². The number of aromatic nitrogens is 2. The molecule has 0 aliphatic carbocycles. The monoisotopic (exact) mass is 596 g/mol. The van der Waals surface area contributed by atoms with Crippen LogP contribution < -0.4 is 14.8 Å². The molecule has 1 amide bonds. The number of aromatic amines is 1. The maximum Gasteiger partial charge on any atom is 0.262 e. The van der Waals surface area contributed by atoms with Gasteiger partial charge in [0.05, 0.1) is 26.8 Å². The summed E-state index contributed by atoms with van der Waals surface area (Å²) < 4.78 is 25.8. The Hall–Kier alpha value is -3.91. The summed E-state index contributed by atoms with van der Waals surface area (Å²) in [7, 11) is 0. The number of carbonyl (C=O) groups is 1. The van der Waals surface area contributed by atoms with E-state index >= 15 is 0 Å². The number of aryl methyl sites for hydroxylation is 1. The molecule has 2 N–H and O–H groups in total.